The number of amides is 2. The van der Waals surface area contributed by atoms with Crippen LogP contribution in [0, 0.1) is 13.8 Å². The normalized spacial score (nSPS) is 18.7. The highest BCUT2D eigenvalue weighted by atomic mass is 16.5. The highest BCUT2D eigenvalue weighted by Gasteiger charge is 2.40. The molecular weight excluding hydrogens is 372 g/mol. The predicted octanol–water partition coefficient (Wildman–Crippen LogP) is 1.31. The van der Waals surface area contributed by atoms with Crippen LogP contribution in [0.15, 0.2) is 36.4 Å². The van der Waals surface area contributed by atoms with Gasteiger partial charge < -0.3 is 19.7 Å². The summed E-state index contributed by atoms with van der Waals surface area (Å²) < 4.78 is 12.7. The third-order valence-corrected chi connectivity index (χ3v) is 4.93. The number of aryl methyl sites for hydroxylation is 2. The summed E-state index contributed by atoms with van der Waals surface area (Å²) in [7, 11) is 1.58. The van der Waals surface area contributed by atoms with Gasteiger partial charge in [0, 0.05) is 25.8 Å². The van der Waals surface area contributed by atoms with Gasteiger partial charge in [-0.2, -0.15) is 5.10 Å². The van der Waals surface area contributed by atoms with Crippen LogP contribution in [0.2, 0.25) is 0 Å². The molecule has 8 heteroatoms. The van der Waals surface area contributed by atoms with Crippen molar-refractivity contribution in [1.82, 2.24) is 20.0 Å². The Bertz CT molecular complexity index is 836. The molecule has 29 heavy (non-hydrogen) atoms. The summed E-state index contributed by atoms with van der Waals surface area (Å²) in [5, 5.41) is 7.20. The molecule has 0 spiro atoms. The molecule has 0 radical (unpaired) electrons. The lowest BCUT2D eigenvalue weighted by molar-refractivity contribution is -0.139. The van der Waals surface area contributed by atoms with E-state index in [4.69, 9.17) is 9.47 Å². The van der Waals surface area contributed by atoms with Gasteiger partial charge >= 0.3 is 0 Å². The van der Waals surface area contributed by atoms with Crippen molar-refractivity contribution in [3.05, 3.63) is 47.8 Å². The molecule has 3 rings (SSSR count). The average Bonchev–Trinajstić information content (AvgIpc) is 3.25. The van der Waals surface area contributed by atoms with Gasteiger partial charge in [0.05, 0.1) is 18.8 Å². The number of ether oxygens (including phenoxy) is 2. The number of carbonyl (C=O) groups is 2. The minimum Gasteiger partial charge on any atom is -0.488 e. The van der Waals surface area contributed by atoms with E-state index in [2.05, 4.69) is 10.4 Å². The Labute approximate surface area is 170 Å². The summed E-state index contributed by atoms with van der Waals surface area (Å²) in [5.41, 5.74) is 1.77. The lowest BCUT2D eigenvalue weighted by Gasteiger charge is -2.23. The molecule has 156 valence electrons. The van der Waals surface area contributed by atoms with Crippen LogP contribution in [-0.2, 0) is 20.9 Å². The van der Waals surface area contributed by atoms with Crippen LogP contribution in [0.5, 0.6) is 5.75 Å². The first-order valence-corrected chi connectivity index (χ1v) is 9.77. The van der Waals surface area contributed by atoms with E-state index in [0.29, 0.717) is 26.1 Å². The number of benzene rings is 1. The molecule has 1 aliphatic heterocycles. The number of aromatic nitrogens is 2. The molecule has 2 atom stereocenters. The lowest BCUT2D eigenvalue weighted by atomic mass is 10.2. The highest BCUT2D eigenvalue weighted by molar-refractivity contribution is 5.88. The van der Waals surface area contributed by atoms with Crippen molar-refractivity contribution in [1.29, 1.82) is 0 Å². The zero-order valence-corrected chi connectivity index (χ0v) is 17.1. The van der Waals surface area contributed by atoms with Crippen LogP contribution >= 0.6 is 0 Å². The fourth-order valence-electron chi connectivity index (χ4n) is 3.55. The van der Waals surface area contributed by atoms with Gasteiger partial charge in [0.25, 0.3) is 0 Å². The molecule has 0 aliphatic carbocycles. The predicted molar refractivity (Wildman–Crippen MR) is 108 cm³/mol. The van der Waals surface area contributed by atoms with E-state index in [1.165, 1.54) is 0 Å². The molecular formula is C21H28N4O4. The first-order valence-electron chi connectivity index (χ1n) is 9.77. The monoisotopic (exact) mass is 400 g/mol. The summed E-state index contributed by atoms with van der Waals surface area (Å²) >= 11 is 0. The van der Waals surface area contributed by atoms with Crippen molar-refractivity contribution in [2.24, 2.45) is 0 Å². The Morgan fingerprint density at radius 1 is 1.24 bits per heavy atom. The molecule has 2 amide bonds. The molecule has 2 aromatic rings. The van der Waals surface area contributed by atoms with Crippen molar-refractivity contribution >= 4 is 11.8 Å². The van der Waals surface area contributed by atoms with Gasteiger partial charge in [0.1, 0.15) is 24.4 Å². The Kier molecular flexibility index (Phi) is 6.87. The van der Waals surface area contributed by atoms with Crippen molar-refractivity contribution in [3.63, 3.8) is 0 Å². The number of para-hydroxylation sites is 1. The summed E-state index contributed by atoms with van der Waals surface area (Å²) in [5.74, 6) is 0.383. The third-order valence-electron chi connectivity index (χ3n) is 4.93. The van der Waals surface area contributed by atoms with E-state index < -0.39 is 6.04 Å². The summed E-state index contributed by atoms with van der Waals surface area (Å²) in [6.07, 6.45) is 0.191. The Balaban J connectivity index is 1.71. The van der Waals surface area contributed by atoms with E-state index >= 15 is 0 Å². The third kappa shape index (κ3) is 5.35. The van der Waals surface area contributed by atoms with E-state index in [0.717, 1.165) is 17.1 Å². The molecule has 0 bridgehead atoms. The van der Waals surface area contributed by atoms with Gasteiger partial charge in [0.15, 0.2) is 0 Å². The largest absolute Gasteiger partial charge is 0.488 e. The van der Waals surface area contributed by atoms with Gasteiger partial charge in [0.2, 0.25) is 11.8 Å². The van der Waals surface area contributed by atoms with Crippen LogP contribution in [0.1, 0.15) is 17.8 Å². The number of nitrogens with zero attached hydrogens (tertiary/aromatic N) is 3. The highest BCUT2D eigenvalue weighted by Crippen LogP contribution is 2.24. The van der Waals surface area contributed by atoms with E-state index in [9.17, 15) is 9.59 Å². The smallest absolute Gasteiger partial charge is 0.245 e. The lowest BCUT2D eigenvalue weighted by Crippen LogP contribution is -2.47. The number of hydrogen-bond acceptors (Lipinski definition) is 5. The molecule has 0 saturated carbocycles. The molecule has 1 saturated heterocycles. The fourth-order valence-corrected chi connectivity index (χ4v) is 3.55. The summed E-state index contributed by atoms with van der Waals surface area (Å²) in [4.78, 5) is 27.3. The number of nitrogens with one attached hydrogen (secondary N) is 1. The quantitative estimate of drug-likeness (QED) is 0.676. The average molecular weight is 400 g/mol. The minimum absolute atomic E-state index is 0.0968. The Morgan fingerprint density at radius 2 is 2.00 bits per heavy atom. The molecule has 1 aromatic carbocycles. The molecule has 1 N–H and O–H groups in total. The van der Waals surface area contributed by atoms with E-state index in [1.54, 1.807) is 16.7 Å². The second kappa shape index (κ2) is 9.56. The van der Waals surface area contributed by atoms with Gasteiger partial charge in [-0.1, -0.05) is 18.2 Å². The standard InChI is InChI=1S/C21H28N4O4/c1-15-11-16(2)25(23-15)14-20(26)24-13-18(29-17-7-5-4-6-8-17)12-19(24)21(27)22-9-10-28-3/h4-8,11,18-19H,9-10,12-14H2,1-3H3,(H,22,27)/t18-,19-/m0/s1. The maximum absolute atomic E-state index is 13.0. The zero-order valence-electron chi connectivity index (χ0n) is 17.1. The summed E-state index contributed by atoms with van der Waals surface area (Å²) in [6.45, 7) is 5.07. The molecule has 1 fully saturated rings. The number of likely N-dealkylation sites (tertiary alicyclic amines) is 1. The molecule has 0 unspecified atom stereocenters. The fraction of sp³-hybridized carbons (Fsp3) is 0.476. The second-order valence-corrected chi connectivity index (χ2v) is 7.22. The van der Waals surface area contributed by atoms with E-state index in [1.807, 2.05) is 50.2 Å². The van der Waals surface area contributed by atoms with Crippen molar-refractivity contribution < 1.29 is 19.1 Å². The molecule has 1 aromatic heterocycles. The Morgan fingerprint density at radius 3 is 2.66 bits per heavy atom. The molecule has 2 heterocycles. The zero-order chi connectivity index (χ0) is 20.8. The first kappa shape index (κ1) is 20.9. The maximum atomic E-state index is 13.0. The topological polar surface area (TPSA) is 85.7 Å². The number of carbonyl (C=O) groups excluding carboxylic acids is 2. The van der Waals surface area contributed by atoms with Crippen LogP contribution in [0.25, 0.3) is 0 Å². The van der Waals surface area contributed by atoms with Crippen LogP contribution < -0.4 is 10.1 Å². The number of methoxy groups -OCH3 is 1. The van der Waals surface area contributed by atoms with Crippen LogP contribution in [-0.4, -0.2) is 65.4 Å². The maximum Gasteiger partial charge on any atom is 0.245 e. The second-order valence-electron chi connectivity index (χ2n) is 7.22. The molecule has 8 nitrogen and oxygen atoms in total. The van der Waals surface area contributed by atoms with Gasteiger partial charge in [-0.3, -0.25) is 14.3 Å². The SMILES string of the molecule is COCCNC(=O)[C@@H]1C[C@H](Oc2ccccc2)CN1C(=O)Cn1nc(C)cc1C. The van der Waals surface area contributed by atoms with Gasteiger partial charge in [-0.25, -0.2) is 0 Å². The van der Waals surface area contributed by atoms with Crippen molar-refractivity contribution in [2.75, 3.05) is 26.8 Å². The van der Waals surface area contributed by atoms with Crippen molar-refractivity contribution in [2.45, 2.75) is 39.0 Å². The first-order chi connectivity index (χ1) is 14.0. The number of hydrogen-bond donors (Lipinski definition) is 1. The van der Waals surface area contributed by atoms with Crippen LogP contribution in [0.3, 0.4) is 0 Å². The minimum atomic E-state index is -0.579. The van der Waals surface area contributed by atoms with Crippen molar-refractivity contribution in [3.8, 4) is 5.75 Å². The summed E-state index contributed by atoms with van der Waals surface area (Å²) in [6, 6.07) is 10.8. The molecule has 1 aliphatic rings. The Hall–Kier alpha value is -2.87. The van der Waals surface area contributed by atoms with E-state index in [-0.39, 0.29) is 24.5 Å². The van der Waals surface area contributed by atoms with Crippen LogP contribution in [0.4, 0.5) is 0 Å². The van der Waals surface area contributed by atoms with Gasteiger partial charge in [-0.15, -0.1) is 0 Å². The van der Waals surface area contributed by atoms with Gasteiger partial charge in [-0.05, 0) is 32.0 Å². The number of rotatable bonds is 8.